The number of rotatable bonds is 6. The second-order valence-corrected chi connectivity index (χ2v) is 12.7. The molecule has 1 aromatic heterocycles. The molecule has 0 bridgehead atoms. The lowest BCUT2D eigenvalue weighted by Crippen LogP contribution is -2.29. The number of aliphatic imine (C=N–C) groups is 1. The van der Waals surface area contributed by atoms with Crippen LogP contribution >= 0.6 is 0 Å². The molecule has 0 fully saturated rings. The predicted octanol–water partition coefficient (Wildman–Crippen LogP) is 7.19. The molecular weight excluding hydrogens is 490 g/mol. The molecule has 0 saturated heterocycles. The Balaban J connectivity index is 1.55. The highest BCUT2D eigenvalue weighted by Gasteiger charge is 2.36. The van der Waals surface area contributed by atoms with Gasteiger partial charge in [0.15, 0.2) is 0 Å². The minimum Gasteiger partial charge on any atom is -0.626 e. The highest BCUT2D eigenvalue weighted by molar-refractivity contribution is 6.35. The lowest BCUT2D eigenvalue weighted by molar-refractivity contribution is 0.344. The number of nitrogens with zero attached hydrogens (tertiary/aromatic N) is 2. The van der Waals surface area contributed by atoms with Gasteiger partial charge in [0.25, 0.3) is 0 Å². The minimum atomic E-state index is -0.742. The molecule has 5 nitrogen and oxygen atoms in total. The average Bonchev–Trinajstić information content (AvgIpc) is 2.86. The molecule has 37 heavy (non-hydrogen) atoms. The van der Waals surface area contributed by atoms with Gasteiger partial charge in [0.2, 0.25) is 0 Å². The van der Waals surface area contributed by atoms with Gasteiger partial charge in [-0.25, -0.2) is 4.98 Å². The van der Waals surface area contributed by atoms with Gasteiger partial charge < -0.3 is 10.4 Å². The van der Waals surface area contributed by atoms with E-state index < -0.39 is 31.8 Å². The van der Waals surface area contributed by atoms with Crippen molar-refractivity contribution in [2.45, 2.75) is 83.1 Å². The fraction of sp³-hybridized carbons (Fsp3) is 0.467. The van der Waals surface area contributed by atoms with Crippen molar-refractivity contribution < 1.29 is 10.4 Å². The van der Waals surface area contributed by atoms with Crippen LogP contribution in [0.1, 0.15) is 75.1 Å². The van der Waals surface area contributed by atoms with Crippen LogP contribution in [0.5, 0.6) is 5.75 Å². The van der Waals surface area contributed by atoms with Crippen LogP contribution in [0, 0.1) is 53.4 Å². The highest BCUT2D eigenvalue weighted by atomic mass is 27.3. The molecule has 2 aliphatic rings. The van der Waals surface area contributed by atoms with Crippen LogP contribution in [0.2, 0.25) is 0 Å². The van der Waals surface area contributed by atoms with Crippen molar-refractivity contribution in [1.82, 2.24) is 4.98 Å². The summed E-state index contributed by atoms with van der Waals surface area (Å²) in [6.07, 6.45) is 0. The van der Waals surface area contributed by atoms with Crippen molar-refractivity contribution in [3.63, 3.8) is 0 Å². The van der Waals surface area contributed by atoms with Crippen molar-refractivity contribution >= 4 is 48.4 Å². The molecule has 0 N–H and O–H groups in total. The Hall–Kier alpha value is -1.86. The molecule has 1 aliphatic heterocycles. The molecule has 2 aromatic rings. The average molecular weight is 529 g/mol. The van der Waals surface area contributed by atoms with Gasteiger partial charge in [-0.2, -0.15) is 0 Å². The number of hydrogen-bond acceptors (Lipinski definition) is 5. The van der Waals surface area contributed by atoms with Crippen molar-refractivity contribution in [2.24, 2.45) is 16.8 Å². The van der Waals surface area contributed by atoms with Gasteiger partial charge in [-0.1, -0.05) is 18.1 Å². The SMILES string of the molecule is CC1=NC2=C([O][Al][O][Al][O]c3c(C)c(C)c(C)c4c(C)c(C)c(C)nc34)C(C)=C(C)C(C)C2C(C)=C1C. The molecule has 2 heterocycles. The number of benzene rings is 1. The van der Waals surface area contributed by atoms with Gasteiger partial charge in [0.1, 0.15) is 17.0 Å². The van der Waals surface area contributed by atoms with E-state index in [4.69, 9.17) is 20.4 Å². The number of aryl methyl sites for hydroxylation is 3. The van der Waals surface area contributed by atoms with Crippen LogP contribution < -0.4 is 3.79 Å². The maximum atomic E-state index is 6.35. The number of aromatic nitrogens is 1. The molecule has 0 amide bonds. The first-order chi connectivity index (χ1) is 17.4. The van der Waals surface area contributed by atoms with E-state index in [0.717, 1.165) is 39.7 Å². The lowest BCUT2D eigenvalue weighted by Gasteiger charge is -2.37. The molecule has 192 valence electrons. The monoisotopic (exact) mass is 528 g/mol. The van der Waals surface area contributed by atoms with Crippen molar-refractivity contribution in [3.8, 4) is 5.75 Å². The van der Waals surface area contributed by atoms with E-state index in [1.54, 1.807) is 0 Å². The fourth-order valence-corrected chi connectivity index (χ4v) is 7.08. The summed E-state index contributed by atoms with van der Waals surface area (Å²) in [4.78, 5) is 9.93. The Morgan fingerprint density at radius 1 is 0.676 bits per heavy atom. The Morgan fingerprint density at radius 3 is 1.97 bits per heavy atom. The summed E-state index contributed by atoms with van der Waals surface area (Å²) < 4.78 is 18.7. The topological polar surface area (TPSA) is 52.9 Å². The number of allylic oxidation sites excluding steroid dienone is 4. The first kappa shape index (κ1) is 28.2. The molecule has 2 unspecified atom stereocenters. The molecule has 7 heteroatoms. The zero-order valence-corrected chi connectivity index (χ0v) is 26.7. The van der Waals surface area contributed by atoms with E-state index in [-0.39, 0.29) is 5.92 Å². The molecule has 2 radical (unpaired) electrons. The zero-order chi connectivity index (χ0) is 27.3. The van der Waals surface area contributed by atoms with Gasteiger partial charge in [0, 0.05) is 22.7 Å². The quantitative estimate of drug-likeness (QED) is 0.294. The summed E-state index contributed by atoms with van der Waals surface area (Å²) in [7, 11) is 0. The van der Waals surface area contributed by atoms with Gasteiger partial charge in [0.05, 0.1) is 5.70 Å². The summed E-state index contributed by atoms with van der Waals surface area (Å²) in [6, 6.07) is 0. The van der Waals surface area contributed by atoms with E-state index in [1.807, 2.05) is 0 Å². The van der Waals surface area contributed by atoms with Crippen LogP contribution in [-0.4, -0.2) is 42.5 Å². The normalized spacial score (nSPS) is 19.8. The van der Waals surface area contributed by atoms with Crippen molar-refractivity contribution in [1.29, 1.82) is 0 Å². The minimum absolute atomic E-state index is 0.260. The molecule has 0 spiro atoms. The number of hydrogen-bond donors (Lipinski definition) is 0. The number of fused-ring (bicyclic) bond motifs is 2. The smallest absolute Gasteiger partial charge is 0.626 e. The largest absolute Gasteiger partial charge is 0.743 e. The summed E-state index contributed by atoms with van der Waals surface area (Å²) in [5.41, 5.74) is 15.4. The van der Waals surface area contributed by atoms with Crippen LogP contribution in [0.4, 0.5) is 0 Å². The summed E-state index contributed by atoms with van der Waals surface area (Å²) in [5, 5.41) is 1.19. The second kappa shape index (κ2) is 10.7. The molecule has 1 aliphatic carbocycles. The maximum absolute atomic E-state index is 6.35. The van der Waals surface area contributed by atoms with E-state index >= 15 is 0 Å². The van der Waals surface area contributed by atoms with Crippen LogP contribution in [-0.2, 0) is 6.63 Å². The van der Waals surface area contributed by atoms with Crippen LogP contribution in [0.15, 0.2) is 38.7 Å². The van der Waals surface area contributed by atoms with Crippen molar-refractivity contribution in [2.75, 3.05) is 0 Å². The third kappa shape index (κ3) is 4.75. The Morgan fingerprint density at radius 2 is 1.30 bits per heavy atom. The summed E-state index contributed by atoms with van der Waals surface area (Å²) in [6.45, 7) is 26.0. The van der Waals surface area contributed by atoms with E-state index in [9.17, 15) is 0 Å². The van der Waals surface area contributed by atoms with Gasteiger partial charge in [-0.05, 0) is 121 Å². The molecule has 2 atom stereocenters. The molecule has 0 saturated carbocycles. The first-order valence-corrected chi connectivity index (χ1v) is 14.9. The van der Waals surface area contributed by atoms with Gasteiger partial charge in [-0.3, -0.25) is 4.99 Å². The van der Waals surface area contributed by atoms with Crippen LogP contribution in [0.3, 0.4) is 0 Å². The summed E-state index contributed by atoms with van der Waals surface area (Å²) in [5.74, 6) is 2.39. The Kier molecular flexibility index (Phi) is 8.16. The van der Waals surface area contributed by atoms with E-state index in [2.05, 4.69) is 83.1 Å². The highest BCUT2D eigenvalue weighted by Crippen LogP contribution is 2.46. The number of pyridine rings is 1. The third-order valence-corrected chi connectivity index (χ3v) is 10.6. The van der Waals surface area contributed by atoms with Crippen LogP contribution in [0.25, 0.3) is 10.9 Å². The third-order valence-electron chi connectivity index (χ3n) is 9.03. The van der Waals surface area contributed by atoms with Gasteiger partial charge in [-0.15, -0.1) is 0 Å². The maximum Gasteiger partial charge on any atom is 0.743 e. The molecule has 4 rings (SSSR count). The lowest BCUT2D eigenvalue weighted by atomic mass is 9.72. The van der Waals surface area contributed by atoms with Crippen molar-refractivity contribution in [3.05, 3.63) is 67.3 Å². The Labute approximate surface area is 235 Å². The van der Waals surface area contributed by atoms with Gasteiger partial charge >= 0.3 is 31.8 Å². The molecule has 1 aromatic carbocycles. The zero-order valence-electron chi connectivity index (χ0n) is 24.4. The predicted molar refractivity (Wildman–Crippen MR) is 154 cm³/mol. The number of dihydropyridines is 1. The summed E-state index contributed by atoms with van der Waals surface area (Å²) >= 11 is -1.47. The van der Waals surface area contributed by atoms with E-state index in [1.165, 1.54) is 49.9 Å². The van der Waals surface area contributed by atoms with E-state index in [0.29, 0.717) is 5.92 Å². The second-order valence-electron chi connectivity index (χ2n) is 10.7. The first-order valence-electron chi connectivity index (χ1n) is 13.0. The fourth-order valence-electron chi connectivity index (χ4n) is 5.68. The molecular formula is C30H38Al2N2O3. The Bertz CT molecular complexity index is 1420. The standard InChI is InChI=1S/C15H21NO.C15H19NO.2Al.O/c2*1-7-9(3)13-10(4)8(2)12(6)16-14(13)15(17)11(7)5;;;/h9,13,17H,1-6H3;17H,1-6H3;;;/q;;2*+1;/p-2.